The van der Waals surface area contributed by atoms with E-state index in [0.29, 0.717) is 0 Å². The first-order chi connectivity index (χ1) is 12.3. The lowest BCUT2D eigenvalue weighted by Gasteiger charge is -2.36. The summed E-state index contributed by atoms with van der Waals surface area (Å²) >= 11 is 0. The normalized spacial score (nSPS) is 15.6. The van der Waals surface area contributed by atoms with Gasteiger partial charge in [-0.1, -0.05) is 42.5 Å². The number of nitrogens with zero attached hydrogens (tertiary/aromatic N) is 2. The van der Waals surface area contributed by atoms with Crippen LogP contribution in [0.15, 0.2) is 54.6 Å². The van der Waals surface area contributed by atoms with E-state index in [-0.39, 0.29) is 30.9 Å². The fourth-order valence-electron chi connectivity index (χ4n) is 3.57. The molecule has 3 rings (SSSR count). The van der Waals surface area contributed by atoms with Gasteiger partial charge >= 0.3 is 0 Å². The van der Waals surface area contributed by atoms with Gasteiger partial charge in [-0.15, -0.1) is 24.8 Å². The molecule has 0 aromatic heterocycles. The van der Waals surface area contributed by atoms with Crippen LogP contribution in [0.1, 0.15) is 30.6 Å². The zero-order chi connectivity index (χ0) is 17.5. The lowest BCUT2D eigenvalue weighted by Crippen LogP contribution is -2.46. The molecule has 3 nitrogen and oxygen atoms in total. The van der Waals surface area contributed by atoms with Crippen LogP contribution in [0.5, 0.6) is 0 Å². The van der Waals surface area contributed by atoms with Gasteiger partial charge in [0.25, 0.3) is 0 Å². The molecule has 0 bridgehead atoms. The van der Waals surface area contributed by atoms with Gasteiger partial charge in [-0.25, -0.2) is 0 Å². The van der Waals surface area contributed by atoms with E-state index in [1.165, 1.54) is 16.8 Å². The van der Waals surface area contributed by atoms with Gasteiger partial charge in [0.15, 0.2) is 0 Å². The fourth-order valence-corrected chi connectivity index (χ4v) is 3.57. The van der Waals surface area contributed by atoms with Crippen molar-refractivity contribution in [1.29, 1.82) is 0 Å². The molecule has 2 aromatic carbocycles. The average molecular weight is 411 g/mol. The molecule has 0 saturated carbocycles. The molecule has 0 radical (unpaired) electrons. The lowest BCUT2D eigenvalue weighted by atomic mass is 10.1. The summed E-state index contributed by atoms with van der Waals surface area (Å²) in [5, 5.41) is 0. The van der Waals surface area contributed by atoms with Crippen molar-refractivity contribution in [3.63, 3.8) is 0 Å². The molecule has 1 saturated heterocycles. The SMILES string of the molecule is CCOC(CCN1CCN(c2cccc(C)c2)CC1)c1ccccc1.Cl.Cl. The highest BCUT2D eigenvalue weighted by molar-refractivity contribution is 5.85. The maximum absolute atomic E-state index is 5.99. The topological polar surface area (TPSA) is 15.7 Å². The van der Waals surface area contributed by atoms with Crippen LogP contribution in [0.2, 0.25) is 0 Å². The highest BCUT2D eigenvalue weighted by Crippen LogP contribution is 2.22. The summed E-state index contributed by atoms with van der Waals surface area (Å²) in [5.74, 6) is 0. The Kier molecular flexibility index (Phi) is 10.8. The Bertz CT molecular complexity index is 646. The van der Waals surface area contributed by atoms with E-state index < -0.39 is 0 Å². The molecule has 2 aromatic rings. The number of benzene rings is 2. The highest BCUT2D eigenvalue weighted by Gasteiger charge is 2.19. The van der Waals surface area contributed by atoms with E-state index in [2.05, 4.69) is 78.2 Å². The maximum atomic E-state index is 5.99. The van der Waals surface area contributed by atoms with E-state index in [4.69, 9.17) is 4.74 Å². The van der Waals surface area contributed by atoms with Crippen molar-refractivity contribution < 1.29 is 4.74 Å². The molecule has 1 heterocycles. The predicted octanol–water partition coefficient (Wildman–Crippen LogP) is 5.13. The van der Waals surface area contributed by atoms with Crippen molar-refractivity contribution >= 4 is 30.5 Å². The first kappa shape index (κ1) is 23.8. The average Bonchev–Trinajstić information content (AvgIpc) is 2.66. The molecule has 0 spiro atoms. The Balaban J connectivity index is 0.00000182. The lowest BCUT2D eigenvalue weighted by molar-refractivity contribution is 0.0471. The van der Waals surface area contributed by atoms with Crippen molar-refractivity contribution in [3.8, 4) is 0 Å². The molecular weight excluding hydrogens is 379 g/mol. The monoisotopic (exact) mass is 410 g/mol. The standard InChI is InChI=1S/C22H30N2O.2ClH/c1-3-25-22(20-9-5-4-6-10-20)12-13-23-14-16-24(17-15-23)21-11-7-8-19(2)18-21;;/h4-11,18,22H,3,12-17H2,1-2H3;2*1H. The van der Waals surface area contributed by atoms with Crippen LogP contribution in [0.3, 0.4) is 0 Å². The maximum Gasteiger partial charge on any atom is 0.0837 e. The second-order valence-corrected chi connectivity index (χ2v) is 6.81. The van der Waals surface area contributed by atoms with Crippen LogP contribution in [-0.2, 0) is 4.74 Å². The van der Waals surface area contributed by atoms with Crippen LogP contribution in [-0.4, -0.2) is 44.2 Å². The number of rotatable bonds is 7. The van der Waals surface area contributed by atoms with E-state index in [1.54, 1.807) is 0 Å². The molecule has 0 N–H and O–H groups in total. The molecule has 1 atom stereocenters. The minimum absolute atomic E-state index is 0. The third-order valence-corrected chi connectivity index (χ3v) is 4.99. The molecular formula is C22H32Cl2N2O. The van der Waals surface area contributed by atoms with Crippen LogP contribution in [0, 0.1) is 6.92 Å². The van der Waals surface area contributed by atoms with Gasteiger partial charge in [0.05, 0.1) is 6.10 Å². The third-order valence-electron chi connectivity index (χ3n) is 4.99. The Labute approximate surface area is 176 Å². The second kappa shape index (κ2) is 12.2. The van der Waals surface area contributed by atoms with Crippen LogP contribution in [0.25, 0.3) is 0 Å². The van der Waals surface area contributed by atoms with E-state index in [0.717, 1.165) is 45.8 Å². The molecule has 1 aliphatic rings. The zero-order valence-electron chi connectivity index (χ0n) is 16.3. The molecule has 1 aliphatic heterocycles. The summed E-state index contributed by atoms with van der Waals surface area (Å²) in [6.07, 6.45) is 1.27. The molecule has 5 heteroatoms. The van der Waals surface area contributed by atoms with Gasteiger partial charge in [0.2, 0.25) is 0 Å². The molecule has 150 valence electrons. The number of hydrogen-bond acceptors (Lipinski definition) is 3. The van der Waals surface area contributed by atoms with Crippen molar-refractivity contribution in [1.82, 2.24) is 4.90 Å². The Morgan fingerprint density at radius 3 is 2.26 bits per heavy atom. The Hall–Kier alpha value is -1.26. The predicted molar refractivity (Wildman–Crippen MR) is 120 cm³/mol. The Morgan fingerprint density at radius 2 is 1.63 bits per heavy atom. The summed E-state index contributed by atoms with van der Waals surface area (Å²) in [7, 11) is 0. The van der Waals surface area contributed by atoms with Crippen LogP contribution in [0.4, 0.5) is 5.69 Å². The van der Waals surface area contributed by atoms with Gasteiger partial charge in [0.1, 0.15) is 0 Å². The number of aryl methyl sites for hydroxylation is 1. The summed E-state index contributed by atoms with van der Waals surface area (Å²) in [6.45, 7) is 10.6. The molecule has 1 unspecified atom stereocenters. The quantitative estimate of drug-likeness (QED) is 0.628. The number of hydrogen-bond donors (Lipinski definition) is 0. The molecule has 0 aliphatic carbocycles. The fraction of sp³-hybridized carbons (Fsp3) is 0.455. The smallest absolute Gasteiger partial charge is 0.0837 e. The summed E-state index contributed by atoms with van der Waals surface area (Å²) in [4.78, 5) is 5.07. The highest BCUT2D eigenvalue weighted by atomic mass is 35.5. The number of ether oxygens (including phenoxy) is 1. The first-order valence-electron chi connectivity index (χ1n) is 9.47. The number of halogens is 2. The van der Waals surface area contributed by atoms with Crippen molar-refractivity contribution in [2.24, 2.45) is 0 Å². The van der Waals surface area contributed by atoms with E-state index in [1.807, 2.05) is 0 Å². The minimum atomic E-state index is 0. The van der Waals surface area contributed by atoms with Gasteiger partial charge in [-0.05, 0) is 43.5 Å². The largest absolute Gasteiger partial charge is 0.374 e. The van der Waals surface area contributed by atoms with Gasteiger partial charge in [-0.2, -0.15) is 0 Å². The first-order valence-corrected chi connectivity index (χ1v) is 9.47. The summed E-state index contributed by atoms with van der Waals surface area (Å²) in [6, 6.07) is 19.5. The summed E-state index contributed by atoms with van der Waals surface area (Å²) < 4.78 is 5.99. The van der Waals surface area contributed by atoms with Crippen molar-refractivity contribution in [2.75, 3.05) is 44.2 Å². The van der Waals surface area contributed by atoms with E-state index >= 15 is 0 Å². The van der Waals surface area contributed by atoms with Gasteiger partial charge in [0, 0.05) is 45.0 Å². The molecule has 27 heavy (non-hydrogen) atoms. The third kappa shape index (κ3) is 7.00. The molecule has 0 amide bonds. The van der Waals surface area contributed by atoms with E-state index in [9.17, 15) is 0 Å². The number of anilines is 1. The van der Waals surface area contributed by atoms with Crippen LogP contribution < -0.4 is 4.90 Å². The number of piperazine rings is 1. The second-order valence-electron chi connectivity index (χ2n) is 6.81. The zero-order valence-corrected chi connectivity index (χ0v) is 18.0. The summed E-state index contributed by atoms with van der Waals surface area (Å²) in [5.41, 5.74) is 3.99. The van der Waals surface area contributed by atoms with Crippen molar-refractivity contribution in [3.05, 3.63) is 65.7 Å². The van der Waals surface area contributed by atoms with Crippen molar-refractivity contribution in [2.45, 2.75) is 26.4 Å². The molecule has 1 fully saturated rings. The Morgan fingerprint density at radius 1 is 0.926 bits per heavy atom. The minimum Gasteiger partial charge on any atom is -0.374 e. The van der Waals surface area contributed by atoms with Crippen LogP contribution >= 0.6 is 24.8 Å². The van der Waals surface area contributed by atoms with Gasteiger partial charge < -0.3 is 9.64 Å². The van der Waals surface area contributed by atoms with Gasteiger partial charge in [-0.3, -0.25) is 4.90 Å².